The van der Waals surface area contributed by atoms with Crippen LogP contribution in [0.4, 0.5) is 5.69 Å². The number of sulfone groups is 1. The van der Waals surface area contributed by atoms with Crippen molar-refractivity contribution in [1.29, 1.82) is 0 Å². The van der Waals surface area contributed by atoms with E-state index in [1.807, 2.05) is 44.2 Å². The summed E-state index contributed by atoms with van der Waals surface area (Å²) in [6, 6.07) is 17.5. The number of imide groups is 1. The molecule has 350 valence electrons. The topological polar surface area (TPSA) is 181 Å². The van der Waals surface area contributed by atoms with Crippen molar-refractivity contribution in [2.24, 2.45) is 11.3 Å². The first-order valence-electron chi connectivity index (χ1n) is 22.0. The zero-order chi connectivity index (χ0) is 47.2. The first-order chi connectivity index (χ1) is 30.8. The average molecular weight is 953 g/mol. The monoisotopic (exact) mass is 951 g/mol. The lowest BCUT2D eigenvalue weighted by Gasteiger charge is -2.53. The number of benzene rings is 3. The third kappa shape index (κ3) is 11.4. The zero-order valence-corrected chi connectivity index (χ0v) is 39.9. The molecule has 0 aromatic heterocycles. The smallest absolute Gasteiger partial charge is 0.264 e. The maximum Gasteiger partial charge on any atom is 0.264 e. The maximum absolute atomic E-state index is 15.1. The molecule has 2 saturated heterocycles. The quantitative estimate of drug-likeness (QED) is 0.0793. The number of carbonyl (C=O) groups excluding carboxylic acids is 5. The predicted octanol–water partition coefficient (Wildman–Crippen LogP) is 6.94. The van der Waals surface area contributed by atoms with Crippen LogP contribution >= 0.6 is 23.2 Å². The molecule has 3 aromatic rings. The van der Waals surface area contributed by atoms with Gasteiger partial charge in [0.05, 0.1) is 60.0 Å². The standard InChI is InChI=1S/C48H59Cl2N5O9S/c1-29(2)40(28-65(61,62)30(3)4)54-43(32-14-16-34(49)17-15-32)37(33-9-7-10-35(50)25-33)26-48(6,47(54)60)27-41(56)52-20-22-64-24-23-63-21-19-51-38-12-8-11-36-42(38)46(59)55(45(36)58)39-18-13-31(5)53-44(39)57/h7-12,14-17,25,29-30,37,39-40,43,51H,5,13,18-24,26-28H2,1-4,6H3,(H,52,56)(H,53,57)/t37-,39?,40-,43-,48-/m1/s1. The second kappa shape index (κ2) is 21.2. The van der Waals surface area contributed by atoms with Crippen LogP contribution in [0.25, 0.3) is 0 Å². The molecule has 2 fully saturated rings. The van der Waals surface area contributed by atoms with Crippen LogP contribution in [-0.2, 0) is 33.7 Å². The number of hydrogen-bond donors (Lipinski definition) is 3. The van der Waals surface area contributed by atoms with Gasteiger partial charge in [0.2, 0.25) is 17.7 Å². The summed E-state index contributed by atoms with van der Waals surface area (Å²) in [4.78, 5) is 70.7. The SMILES string of the molecule is C=C1CCC(N2C(=O)c3cccc(NCCOCCOCCNC(=O)C[C@@]4(C)C[C@H](c5cccc(Cl)c5)[C@@H](c5ccc(Cl)cc5)N([C@H](CS(=O)(=O)C(C)C)C(C)C)C4=O)c3C2=O)C(=O)N1. The van der Waals surface area contributed by atoms with E-state index in [0.717, 1.165) is 16.0 Å². The Kier molecular flexibility index (Phi) is 16.2. The number of amides is 5. The van der Waals surface area contributed by atoms with E-state index in [4.69, 9.17) is 32.7 Å². The molecule has 3 aromatic carbocycles. The van der Waals surface area contributed by atoms with Crippen LogP contribution < -0.4 is 16.0 Å². The molecule has 65 heavy (non-hydrogen) atoms. The third-order valence-electron chi connectivity index (χ3n) is 12.5. The third-order valence-corrected chi connectivity index (χ3v) is 15.2. The van der Waals surface area contributed by atoms with E-state index in [1.165, 1.54) is 0 Å². The number of piperidine rings is 2. The molecule has 17 heteroatoms. The van der Waals surface area contributed by atoms with Gasteiger partial charge in [-0.3, -0.25) is 28.9 Å². The minimum atomic E-state index is -3.60. The minimum Gasteiger partial charge on any atom is -0.382 e. The second-order valence-corrected chi connectivity index (χ2v) is 21.3. The zero-order valence-electron chi connectivity index (χ0n) is 37.5. The molecule has 1 unspecified atom stereocenters. The number of rotatable bonds is 20. The van der Waals surface area contributed by atoms with Gasteiger partial charge >= 0.3 is 0 Å². The number of likely N-dealkylation sites (tertiary alicyclic amines) is 1. The number of hydrogen-bond acceptors (Lipinski definition) is 10. The summed E-state index contributed by atoms with van der Waals surface area (Å²) in [5.41, 5.74) is 1.93. The van der Waals surface area contributed by atoms with Gasteiger partial charge in [-0.05, 0) is 86.6 Å². The van der Waals surface area contributed by atoms with Crippen LogP contribution in [-0.4, -0.2) is 110 Å². The van der Waals surface area contributed by atoms with E-state index in [-0.39, 0.29) is 79.9 Å². The summed E-state index contributed by atoms with van der Waals surface area (Å²) >= 11 is 12.9. The largest absolute Gasteiger partial charge is 0.382 e. The molecule has 6 rings (SSSR count). The average Bonchev–Trinajstić information content (AvgIpc) is 3.50. The molecule has 5 amide bonds. The summed E-state index contributed by atoms with van der Waals surface area (Å²) in [7, 11) is -3.60. The van der Waals surface area contributed by atoms with Crippen molar-refractivity contribution in [3.05, 3.63) is 111 Å². The molecular formula is C48H59Cl2N5O9S. The highest BCUT2D eigenvalue weighted by Crippen LogP contribution is 2.52. The summed E-state index contributed by atoms with van der Waals surface area (Å²) < 4.78 is 38.5. The fourth-order valence-corrected chi connectivity index (χ4v) is 10.7. The van der Waals surface area contributed by atoms with Crippen LogP contribution in [0.15, 0.2) is 79.0 Å². The van der Waals surface area contributed by atoms with E-state index in [0.29, 0.717) is 47.2 Å². The number of nitrogens with zero attached hydrogens (tertiary/aromatic N) is 2. The van der Waals surface area contributed by atoms with Gasteiger partial charge in [-0.2, -0.15) is 0 Å². The molecule has 3 N–H and O–H groups in total. The Balaban J connectivity index is 1.03. The summed E-state index contributed by atoms with van der Waals surface area (Å²) in [5, 5.41) is 9.09. The molecular weight excluding hydrogens is 894 g/mol. The predicted molar refractivity (Wildman–Crippen MR) is 251 cm³/mol. The molecule has 3 aliphatic rings. The van der Waals surface area contributed by atoms with Crippen LogP contribution in [0.1, 0.15) is 104 Å². The second-order valence-electron chi connectivity index (χ2n) is 17.9. The lowest BCUT2D eigenvalue weighted by Crippen LogP contribution is -2.59. The van der Waals surface area contributed by atoms with Crippen LogP contribution in [0.2, 0.25) is 10.0 Å². The Labute approximate surface area is 391 Å². The number of nitrogens with one attached hydrogen (secondary N) is 3. The highest BCUT2D eigenvalue weighted by molar-refractivity contribution is 7.92. The van der Waals surface area contributed by atoms with Crippen molar-refractivity contribution in [3.63, 3.8) is 0 Å². The first-order valence-corrected chi connectivity index (χ1v) is 24.5. The maximum atomic E-state index is 15.1. The Morgan fingerprint density at radius 2 is 1.57 bits per heavy atom. The van der Waals surface area contributed by atoms with E-state index in [2.05, 4.69) is 22.5 Å². The van der Waals surface area contributed by atoms with Crippen molar-refractivity contribution in [2.75, 3.05) is 50.6 Å². The molecule has 0 spiro atoms. The summed E-state index contributed by atoms with van der Waals surface area (Å²) in [6.45, 7) is 14.1. The van der Waals surface area contributed by atoms with Crippen molar-refractivity contribution < 1.29 is 41.9 Å². The Morgan fingerprint density at radius 3 is 2.22 bits per heavy atom. The van der Waals surface area contributed by atoms with Gasteiger partial charge in [0, 0.05) is 52.9 Å². The van der Waals surface area contributed by atoms with E-state index in [9.17, 15) is 27.6 Å². The number of fused-ring (bicyclic) bond motifs is 1. The number of carbonyl (C=O) groups is 5. The van der Waals surface area contributed by atoms with Crippen LogP contribution in [0.5, 0.6) is 0 Å². The summed E-state index contributed by atoms with van der Waals surface area (Å²) in [5.74, 6) is -2.94. The normalized spacial score (nSPS) is 21.8. The number of halogens is 2. The van der Waals surface area contributed by atoms with Gasteiger partial charge < -0.3 is 30.3 Å². The van der Waals surface area contributed by atoms with Gasteiger partial charge in [0.1, 0.15) is 6.04 Å². The molecule has 5 atom stereocenters. The Hall–Kier alpha value is -4.80. The lowest BCUT2D eigenvalue weighted by molar-refractivity contribution is -0.158. The molecule has 0 radical (unpaired) electrons. The van der Waals surface area contributed by atoms with Crippen LogP contribution in [0, 0.1) is 11.3 Å². The van der Waals surface area contributed by atoms with Crippen molar-refractivity contribution in [2.45, 2.75) is 89.6 Å². The van der Waals surface area contributed by atoms with Crippen molar-refractivity contribution in [3.8, 4) is 0 Å². The molecule has 0 saturated carbocycles. The minimum absolute atomic E-state index is 0.140. The van der Waals surface area contributed by atoms with Gasteiger partial charge in [0.15, 0.2) is 9.84 Å². The number of allylic oxidation sites excluding steroid dienone is 1. The molecule has 3 aliphatic heterocycles. The Morgan fingerprint density at radius 1 is 0.892 bits per heavy atom. The van der Waals surface area contributed by atoms with Crippen molar-refractivity contribution in [1.82, 2.24) is 20.4 Å². The van der Waals surface area contributed by atoms with E-state index >= 15 is 4.79 Å². The summed E-state index contributed by atoms with van der Waals surface area (Å²) in [6.07, 6.45) is 0.943. The molecule has 0 bridgehead atoms. The van der Waals surface area contributed by atoms with Crippen molar-refractivity contribution >= 4 is 68.3 Å². The fraction of sp³-hybridized carbons (Fsp3) is 0.479. The molecule has 3 heterocycles. The molecule has 0 aliphatic carbocycles. The Bertz CT molecular complexity index is 2400. The number of ether oxygens (including phenoxy) is 2. The number of anilines is 1. The fourth-order valence-electron chi connectivity index (χ4n) is 8.94. The van der Waals surface area contributed by atoms with Crippen LogP contribution in [0.3, 0.4) is 0 Å². The van der Waals surface area contributed by atoms with E-state index in [1.54, 1.807) is 62.1 Å². The first kappa shape index (κ1) is 49.6. The highest BCUT2D eigenvalue weighted by Gasteiger charge is 2.53. The van der Waals surface area contributed by atoms with E-state index < -0.39 is 56.3 Å². The van der Waals surface area contributed by atoms with Gasteiger partial charge in [-0.25, -0.2) is 8.42 Å². The van der Waals surface area contributed by atoms with Gasteiger partial charge in [0.25, 0.3) is 11.8 Å². The van der Waals surface area contributed by atoms with Gasteiger partial charge in [-0.15, -0.1) is 0 Å². The lowest BCUT2D eigenvalue weighted by atomic mass is 9.66. The molecule has 14 nitrogen and oxygen atoms in total. The highest BCUT2D eigenvalue weighted by atomic mass is 35.5. The van der Waals surface area contributed by atoms with Gasteiger partial charge in [-0.1, -0.05) is 80.9 Å².